The highest BCUT2D eigenvalue weighted by Gasteiger charge is 2.40. The first kappa shape index (κ1) is 20.6. The Balaban J connectivity index is 1.85. The van der Waals surface area contributed by atoms with E-state index in [2.05, 4.69) is 5.32 Å². The zero-order valence-electron chi connectivity index (χ0n) is 15.8. The van der Waals surface area contributed by atoms with Gasteiger partial charge < -0.3 is 25.0 Å². The van der Waals surface area contributed by atoms with E-state index in [-0.39, 0.29) is 35.1 Å². The van der Waals surface area contributed by atoms with Crippen LogP contribution in [-0.2, 0) is 4.79 Å². The van der Waals surface area contributed by atoms with Crippen molar-refractivity contribution in [1.82, 2.24) is 10.2 Å². The largest absolute Gasteiger partial charge is 0.489 e. The Morgan fingerprint density at radius 2 is 1.93 bits per heavy atom. The zero-order valence-corrected chi connectivity index (χ0v) is 15.8. The third kappa shape index (κ3) is 4.47. The lowest BCUT2D eigenvalue weighted by Gasteiger charge is -2.23. The second kappa shape index (κ2) is 8.89. The standard InChI is InChI=1S/C20H21BN2O6/c1-22-19(25)18-10-16(29-15-5-3-2-4-6-15)11-23(18)20(26)13-7-8-17(21(27)28)14(9-13)12-24/h2-9,12,16,18,27-28H,10-11H2,1H3,(H,22,25)/t16-,18-/m0/s1. The molecular formula is C20H21BN2O6. The predicted octanol–water partition coefficient (Wildman–Crippen LogP) is -0.413. The summed E-state index contributed by atoms with van der Waals surface area (Å²) in [6.45, 7) is 0.201. The molecule has 1 aliphatic rings. The van der Waals surface area contributed by atoms with Crippen LogP contribution in [0.4, 0.5) is 0 Å². The number of likely N-dealkylation sites (N-methyl/N-ethyl adjacent to an activating group) is 1. The lowest BCUT2D eigenvalue weighted by Crippen LogP contribution is -2.45. The molecule has 1 saturated heterocycles. The summed E-state index contributed by atoms with van der Waals surface area (Å²) in [5.41, 5.74) is 0.176. The lowest BCUT2D eigenvalue weighted by molar-refractivity contribution is -0.124. The molecule has 29 heavy (non-hydrogen) atoms. The number of rotatable bonds is 6. The summed E-state index contributed by atoms with van der Waals surface area (Å²) in [4.78, 5) is 38.1. The Labute approximate surface area is 168 Å². The zero-order chi connectivity index (χ0) is 21.0. The fourth-order valence-electron chi connectivity index (χ4n) is 3.42. The molecule has 2 amide bonds. The van der Waals surface area contributed by atoms with Crippen LogP contribution in [0.1, 0.15) is 27.1 Å². The second-order valence-corrected chi connectivity index (χ2v) is 6.71. The Kier molecular flexibility index (Phi) is 6.31. The Morgan fingerprint density at radius 1 is 1.21 bits per heavy atom. The number of nitrogens with one attached hydrogen (secondary N) is 1. The highest BCUT2D eigenvalue weighted by molar-refractivity contribution is 6.60. The molecule has 0 aliphatic carbocycles. The molecule has 0 spiro atoms. The molecule has 0 saturated carbocycles. The summed E-state index contributed by atoms with van der Waals surface area (Å²) >= 11 is 0. The SMILES string of the molecule is CNC(=O)[C@@H]1C[C@H](Oc2ccccc2)CN1C(=O)c1ccc(B(O)O)c(C=O)c1. The number of hydrogen-bond acceptors (Lipinski definition) is 6. The van der Waals surface area contributed by atoms with Crippen LogP contribution in [0.15, 0.2) is 48.5 Å². The van der Waals surface area contributed by atoms with Crippen molar-refractivity contribution in [3.8, 4) is 5.75 Å². The number of ether oxygens (including phenoxy) is 1. The third-order valence-corrected chi connectivity index (χ3v) is 4.86. The number of aldehydes is 1. The minimum Gasteiger partial charge on any atom is -0.488 e. The maximum Gasteiger partial charge on any atom is 0.489 e. The van der Waals surface area contributed by atoms with Crippen LogP contribution in [0, 0.1) is 0 Å². The minimum atomic E-state index is -1.83. The first-order valence-corrected chi connectivity index (χ1v) is 9.14. The van der Waals surface area contributed by atoms with Crippen LogP contribution in [0.3, 0.4) is 0 Å². The van der Waals surface area contributed by atoms with E-state index in [1.54, 1.807) is 12.1 Å². The highest BCUT2D eigenvalue weighted by atomic mass is 16.5. The summed E-state index contributed by atoms with van der Waals surface area (Å²) in [5, 5.41) is 21.2. The smallest absolute Gasteiger partial charge is 0.488 e. The van der Waals surface area contributed by atoms with Crippen LogP contribution < -0.4 is 15.5 Å². The van der Waals surface area contributed by atoms with Gasteiger partial charge in [-0.15, -0.1) is 0 Å². The molecule has 8 nitrogen and oxygen atoms in total. The summed E-state index contributed by atoms with van der Waals surface area (Å²) in [6, 6.07) is 12.4. The monoisotopic (exact) mass is 396 g/mol. The quantitative estimate of drug-likeness (QED) is 0.452. The van der Waals surface area contributed by atoms with E-state index in [0.29, 0.717) is 18.5 Å². The van der Waals surface area contributed by atoms with Crippen LogP contribution in [-0.4, -0.2) is 65.9 Å². The molecule has 3 rings (SSSR count). The average Bonchev–Trinajstić information content (AvgIpc) is 3.16. The fourth-order valence-corrected chi connectivity index (χ4v) is 3.42. The molecule has 0 radical (unpaired) electrons. The Hall–Kier alpha value is -3.17. The first-order chi connectivity index (χ1) is 13.9. The maximum absolute atomic E-state index is 13.1. The molecule has 1 heterocycles. The molecule has 0 aromatic heterocycles. The van der Waals surface area contributed by atoms with Gasteiger partial charge in [0.15, 0.2) is 0 Å². The number of likely N-dealkylation sites (tertiary alicyclic amines) is 1. The van der Waals surface area contributed by atoms with Gasteiger partial charge in [0.2, 0.25) is 5.91 Å². The van der Waals surface area contributed by atoms with Gasteiger partial charge in [0, 0.05) is 24.6 Å². The second-order valence-electron chi connectivity index (χ2n) is 6.71. The van der Waals surface area contributed by atoms with Gasteiger partial charge in [-0.1, -0.05) is 24.3 Å². The van der Waals surface area contributed by atoms with E-state index >= 15 is 0 Å². The van der Waals surface area contributed by atoms with Crippen molar-refractivity contribution in [3.63, 3.8) is 0 Å². The van der Waals surface area contributed by atoms with E-state index in [4.69, 9.17) is 4.74 Å². The molecule has 1 aliphatic heterocycles. The number of benzene rings is 2. The van der Waals surface area contributed by atoms with Gasteiger partial charge in [-0.25, -0.2) is 0 Å². The molecule has 2 aromatic rings. The van der Waals surface area contributed by atoms with E-state index < -0.39 is 19.1 Å². The molecule has 3 N–H and O–H groups in total. The maximum atomic E-state index is 13.1. The van der Waals surface area contributed by atoms with Gasteiger partial charge in [0.05, 0.1) is 6.54 Å². The molecule has 1 fully saturated rings. The normalized spacial score (nSPS) is 18.2. The van der Waals surface area contributed by atoms with Crippen LogP contribution in [0.2, 0.25) is 0 Å². The molecular weight excluding hydrogens is 375 g/mol. The number of para-hydroxylation sites is 1. The average molecular weight is 396 g/mol. The summed E-state index contributed by atoms with van der Waals surface area (Å²) in [5.74, 6) is -0.109. The molecule has 0 bridgehead atoms. The van der Waals surface area contributed by atoms with Crippen molar-refractivity contribution in [2.24, 2.45) is 0 Å². The van der Waals surface area contributed by atoms with Crippen molar-refractivity contribution in [2.45, 2.75) is 18.6 Å². The van der Waals surface area contributed by atoms with Crippen LogP contribution >= 0.6 is 0 Å². The third-order valence-electron chi connectivity index (χ3n) is 4.86. The molecule has 150 valence electrons. The van der Waals surface area contributed by atoms with Gasteiger partial charge >= 0.3 is 7.12 Å². The molecule has 9 heteroatoms. The van der Waals surface area contributed by atoms with E-state index in [1.165, 1.54) is 30.1 Å². The van der Waals surface area contributed by atoms with Gasteiger partial charge in [-0.05, 0) is 29.7 Å². The molecule has 2 aromatic carbocycles. The number of nitrogens with zero attached hydrogens (tertiary/aromatic N) is 1. The summed E-state index contributed by atoms with van der Waals surface area (Å²) in [6.07, 6.45) is 0.411. The fraction of sp³-hybridized carbons (Fsp3) is 0.250. The van der Waals surface area contributed by atoms with E-state index in [9.17, 15) is 24.4 Å². The lowest BCUT2D eigenvalue weighted by atomic mass is 9.77. The van der Waals surface area contributed by atoms with Gasteiger partial charge in [-0.2, -0.15) is 0 Å². The van der Waals surface area contributed by atoms with Crippen molar-refractivity contribution in [3.05, 3.63) is 59.7 Å². The van der Waals surface area contributed by atoms with Gasteiger partial charge in [0.25, 0.3) is 5.91 Å². The summed E-state index contributed by atoms with van der Waals surface area (Å²) in [7, 11) is -0.327. The van der Waals surface area contributed by atoms with Gasteiger partial charge in [0.1, 0.15) is 24.2 Å². The van der Waals surface area contributed by atoms with Crippen molar-refractivity contribution >= 4 is 30.7 Å². The number of amides is 2. The Morgan fingerprint density at radius 3 is 2.55 bits per heavy atom. The van der Waals surface area contributed by atoms with E-state index in [0.717, 1.165) is 0 Å². The Bertz CT molecular complexity index is 905. The number of carbonyl (C=O) groups is 3. The van der Waals surface area contributed by atoms with Crippen molar-refractivity contribution in [1.29, 1.82) is 0 Å². The van der Waals surface area contributed by atoms with Gasteiger partial charge in [-0.3, -0.25) is 14.4 Å². The van der Waals surface area contributed by atoms with Crippen LogP contribution in [0.25, 0.3) is 0 Å². The predicted molar refractivity (Wildman–Crippen MR) is 106 cm³/mol. The van der Waals surface area contributed by atoms with E-state index in [1.807, 2.05) is 18.2 Å². The number of hydrogen-bond donors (Lipinski definition) is 3. The van der Waals surface area contributed by atoms with Crippen molar-refractivity contribution < 1.29 is 29.2 Å². The molecule has 2 atom stereocenters. The van der Waals surface area contributed by atoms with Crippen LogP contribution in [0.5, 0.6) is 5.75 Å². The summed E-state index contributed by atoms with van der Waals surface area (Å²) < 4.78 is 5.92. The molecule has 0 unspecified atom stereocenters. The first-order valence-electron chi connectivity index (χ1n) is 9.14. The number of carbonyl (C=O) groups excluding carboxylic acids is 3. The minimum absolute atomic E-state index is 0.00127. The van der Waals surface area contributed by atoms with Crippen molar-refractivity contribution in [2.75, 3.05) is 13.6 Å². The highest BCUT2D eigenvalue weighted by Crippen LogP contribution is 2.25. The topological polar surface area (TPSA) is 116 Å².